The maximum atomic E-state index is 10.1. The highest BCUT2D eigenvalue weighted by atomic mass is 16.5. The first kappa shape index (κ1) is 21.3. The van der Waals surface area contributed by atoms with Crippen molar-refractivity contribution in [2.75, 3.05) is 32.1 Å². The van der Waals surface area contributed by atoms with Gasteiger partial charge in [0.2, 0.25) is 5.88 Å². The van der Waals surface area contributed by atoms with E-state index in [9.17, 15) is 5.11 Å². The van der Waals surface area contributed by atoms with Crippen LogP contribution in [0.2, 0.25) is 0 Å². The molecule has 1 fully saturated rings. The zero-order valence-electron chi connectivity index (χ0n) is 18.6. The number of anilines is 1. The Bertz CT molecular complexity index is 1020. The van der Waals surface area contributed by atoms with Gasteiger partial charge >= 0.3 is 0 Å². The van der Waals surface area contributed by atoms with Gasteiger partial charge in [0.25, 0.3) is 0 Å². The lowest BCUT2D eigenvalue weighted by Gasteiger charge is -2.23. The molecule has 5 heteroatoms. The van der Waals surface area contributed by atoms with Gasteiger partial charge < -0.3 is 19.6 Å². The molecule has 0 radical (unpaired) electrons. The summed E-state index contributed by atoms with van der Waals surface area (Å²) in [5, 5.41) is 10.1. The van der Waals surface area contributed by atoms with Gasteiger partial charge in [-0.05, 0) is 55.4 Å². The van der Waals surface area contributed by atoms with Crippen LogP contribution in [-0.2, 0) is 13.2 Å². The third-order valence-corrected chi connectivity index (χ3v) is 5.72. The quantitative estimate of drug-likeness (QED) is 0.622. The van der Waals surface area contributed by atoms with E-state index < -0.39 is 0 Å². The van der Waals surface area contributed by atoms with Crippen molar-refractivity contribution >= 4 is 5.69 Å². The van der Waals surface area contributed by atoms with Gasteiger partial charge in [0.05, 0.1) is 13.2 Å². The second kappa shape index (κ2) is 9.50. The molecule has 1 aliphatic heterocycles. The molecule has 1 aromatic heterocycles. The lowest BCUT2D eigenvalue weighted by Crippen LogP contribution is -2.25. The fourth-order valence-electron chi connectivity index (χ4n) is 4.21. The summed E-state index contributed by atoms with van der Waals surface area (Å²) in [6.45, 7) is 4.61. The summed E-state index contributed by atoms with van der Waals surface area (Å²) >= 11 is 0. The molecule has 1 saturated heterocycles. The molecule has 5 nitrogen and oxygen atoms in total. The van der Waals surface area contributed by atoms with Gasteiger partial charge in [-0.2, -0.15) is 0 Å². The molecule has 0 saturated carbocycles. The molecule has 4 rings (SSSR count). The Labute approximate surface area is 184 Å². The van der Waals surface area contributed by atoms with Gasteiger partial charge in [-0.3, -0.25) is 0 Å². The van der Waals surface area contributed by atoms with Gasteiger partial charge in [-0.25, -0.2) is 4.98 Å². The first-order valence-corrected chi connectivity index (χ1v) is 10.8. The van der Waals surface area contributed by atoms with Gasteiger partial charge in [0.1, 0.15) is 6.10 Å². The number of aryl methyl sites for hydroxylation is 1. The zero-order valence-corrected chi connectivity index (χ0v) is 18.6. The number of hydrogen-bond donors (Lipinski definition) is 1. The van der Waals surface area contributed by atoms with Crippen LogP contribution in [0.15, 0.2) is 60.8 Å². The van der Waals surface area contributed by atoms with Crippen molar-refractivity contribution < 1.29 is 9.84 Å². The number of benzene rings is 2. The minimum atomic E-state index is 0.0144. The number of rotatable bonds is 7. The normalized spacial score (nSPS) is 16.2. The van der Waals surface area contributed by atoms with Crippen LogP contribution >= 0.6 is 0 Å². The Hall–Kier alpha value is -2.89. The summed E-state index contributed by atoms with van der Waals surface area (Å²) in [5.41, 5.74) is 6.79. The summed E-state index contributed by atoms with van der Waals surface area (Å²) in [7, 11) is 4.16. The van der Waals surface area contributed by atoms with E-state index in [4.69, 9.17) is 4.74 Å². The molecular formula is C26H31N3O2. The average Bonchev–Trinajstić information content (AvgIpc) is 3.23. The minimum Gasteiger partial charge on any atom is -0.472 e. The molecule has 1 aliphatic rings. The highest BCUT2D eigenvalue weighted by molar-refractivity contribution is 5.72. The van der Waals surface area contributed by atoms with Crippen molar-refractivity contribution in [1.29, 1.82) is 0 Å². The van der Waals surface area contributed by atoms with Crippen LogP contribution in [0.4, 0.5) is 5.69 Å². The topological polar surface area (TPSA) is 48.8 Å². The summed E-state index contributed by atoms with van der Waals surface area (Å²) < 4.78 is 6.08. The largest absolute Gasteiger partial charge is 0.472 e. The number of ether oxygens (including phenoxy) is 1. The molecule has 1 atom stereocenters. The molecule has 0 aliphatic carbocycles. The van der Waals surface area contributed by atoms with E-state index in [-0.39, 0.29) is 12.7 Å². The molecular weight excluding hydrogens is 386 g/mol. The molecule has 0 amide bonds. The van der Waals surface area contributed by atoms with E-state index in [0.717, 1.165) is 48.4 Å². The van der Waals surface area contributed by atoms with Gasteiger partial charge in [-0.1, -0.05) is 36.4 Å². The first-order chi connectivity index (χ1) is 15.0. The molecule has 1 N–H and O–H groups in total. The molecule has 162 valence electrons. The number of pyridine rings is 1. The average molecular weight is 418 g/mol. The monoisotopic (exact) mass is 417 g/mol. The van der Waals surface area contributed by atoms with Crippen molar-refractivity contribution in [3.05, 3.63) is 77.5 Å². The standard InChI is InChI=1S/C26H31N3O2/c1-19-8-11-26(27-15-19)31-23-12-13-29(17-23)25-10-9-20(14-22(25)18-30)24-7-5-4-6-21(24)16-28(2)3/h4-11,14-15,23,30H,12-13,16-18H2,1-3H3. The van der Waals surface area contributed by atoms with Crippen molar-refractivity contribution in [2.45, 2.75) is 32.6 Å². The summed E-state index contributed by atoms with van der Waals surface area (Å²) in [5.74, 6) is 0.674. The lowest BCUT2D eigenvalue weighted by atomic mass is 9.97. The minimum absolute atomic E-state index is 0.0144. The van der Waals surface area contributed by atoms with Crippen molar-refractivity contribution in [3.63, 3.8) is 0 Å². The van der Waals surface area contributed by atoms with E-state index in [1.807, 2.05) is 25.3 Å². The molecule has 3 aromatic rings. The van der Waals surface area contributed by atoms with Crippen LogP contribution in [0.1, 0.15) is 23.1 Å². The Morgan fingerprint density at radius 3 is 2.68 bits per heavy atom. The summed E-state index contributed by atoms with van der Waals surface area (Å²) in [4.78, 5) is 8.84. The second-order valence-corrected chi connectivity index (χ2v) is 8.54. The number of hydrogen-bond acceptors (Lipinski definition) is 5. The fourth-order valence-corrected chi connectivity index (χ4v) is 4.21. The SMILES string of the molecule is Cc1ccc(OC2CCN(c3ccc(-c4ccccc4CN(C)C)cc3CO)C2)nc1. The predicted octanol–water partition coefficient (Wildman–Crippen LogP) is 4.27. The van der Waals surface area contributed by atoms with Crippen LogP contribution in [0, 0.1) is 6.92 Å². The van der Waals surface area contributed by atoms with E-state index in [1.165, 1.54) is 11.1 Å². The predicted molar refractivity (Wildman–Crippen MR) is 125 cm³/mol. The number of aliphatic hydroxyl groups excluding tert-OH is 1. The van der Waals surface area contributed by atoms with Crippen molar-refractivity contribution in [3.8, 4) is 17.0 Å². The van der Waals surface area contributed by atoms with Crippen LogP contribution in [-0.4, -0.2) is 48.3 Å². The highest BCUT2D eigenvalue weighted by Crippen LogP contribution is 2.32. The first-order valence-electron chi connectivity index (χ1n) is 10.8. The smallest absolute Gasteiger partial charge is 0.213 e. The van der Waals surface area contributed by atoms with E-state index in [0.29, 0.717) is 5.88 Å². The molecule has 31 heavy (non-hydrogen) atoms. The number of aliphatic hydroxyl groups is 1. The van der Waals surface area contributed by atoms with Crippen molar-refractivity contribution in [2.24, 2.45) is 0 Å². The Morgan fingerprint density at radius 2 is 1.94 bits per heavy atom. The molecule has 2 heterocycles. The highest BCUT2D eigenvalue weighted by Gasteiger charge is 2.26. The van der Waals surface area contributed by atoms with Crippen LogP contribution < -0.4 is 9.64 Å². The lowest BCUT2D eigenvalue weighted by molar-refractivity contribution is 0.215. The zero-order chi connectivity index (χ0) is 21.8. The van der Waals surface area contributed by atoms with Gasteiger partial charge in [0, 0.05) is 43.0 Å². The molecule has 0 spiro atoms. The third-order valence-electron chi connectivity index (χ3n) is 5.72. The maximum absolute atomic E-state index is 10.1. The number of nitrogens with zero attached hydrogens (tertiary/aromatic N) is 3. The van der Waals surface area contributed by atoms with E-state index >= 15 is 0 Å². The maximum Gasteiger partial charge on any atom is 0.213 e. The van der Waals surface area contributed by atoms with Crippen LogP contribution in [0.3, 0.4) is 0 Å². The second-order valence-electron chi connectivity index (χ2n) is 8.54. The molecule has 1 unspecified atom stereocenters. The van der Waals surface area contributed by atoms with Crippen molar-refractivity contribution in [1.82, 2.24) is 9.88 Å². The number of aromatic nitrogens is 1. The Morgan fingerprint density at radius 1 is 1.10 bits per heavy atom. The van der Waals surface area contributed by atoms with E-state index in [1.54, 1.807) is 0 Å². The summed E-state index contributed by atoms with van der Waals surface area (Å²) in [6, 6.07) is 18.9. The summed E-state index contributed by atoms with van der Waals surface area (Å²) in [6.07, 6.45) is 2.87. The van der Waals surface area contributed by atoms with Gasteiger partial charge in [-0.15, -0.1) is 0 Å². The third kappa shape index (κ3) is 5.06. The Balaban J connectivity index is 1.52. The van der Waals surface area contributed by atoms with Gasteiger partial charge in [0.15, 0.2) is 0 Å². The molecule has 2 aromatic carbocycles. The van der Waals surface area contributed by atoms with Crippen LogP contribution in [0.5, 0.6) is 5.88 Å². The Kier molecular flexibility index (Phi) is 6.54. The van der Waals surface area contributed by atoms with E-state index in [2.05, 4.69) is 71.3 Å². The van der Waals surface area contributed by atoms with Crippen LogP contribution in [0.25, 0.3) is 11.1 Å². The fraction of sp³-hybridized carbons (Fsp3) is 0.346. The molecule has 0 bridgehead atoms.